The molecule has 51 heavy (non-hydrogen) atoms. The zero-order valence-electron chi connectivity index (χ0n) is 27.6. The summed E-state index contributed by atoms with van der Waals surface area (Å²) >= 11 is 1.32. The summed E-state index contributed by atoms with van der Waals surface area (Å²) < 4.78 is 11.0. The Balaban J connectivity index is 1.20. The largest absolute Gasteiger partial charge is 0.489 e. The standard InChI is InChI=1S/C41H34N4O5S/c1-28-24-37(45-50-28)44-41(48)38(31-14-7-3-8-15-31)51-35-19-11-18-33(26-35)42-40(47)36(43-39(46)32-16-9-4-10-17-32)25-29-20-22-34(23-21-29)49-27-30-12-5-2-6-13-30/h2-26,38H,27H2,1H3,(H,42,47)(H,43,46)(H,44,45,48)/b36-25-. The molecular formula is C41H34N4O5S. The smallest absolute Gasteiger partial charge is 0.272 e. The fourth-order valence-corrected chi connectivity index (χ4v) is 6.09. The molecule has 1 heterocycles. The molecule has 1 unspecified atom stereocenters. The summed E-state index contributed by atoms with van der Waals surface area (Å²) in [5.74, 6) is 0.345. The number of ether oxygens (including phenoxy) is 1. The summed E-state index contributed by atoms with van der Waals surface area (Å²) in [5.41, 5.74) is 3.46. The second-order valence-corrected chi connectivity index (χ2v) is 12.6. The molecule has 9 nitrogen and oxygen atoms in total. The number of hydrogen-bond donors (Lipinski definition) is 3. The van der Waals surface area contributed by atoms with E-state index >= 15 is 0 Å². The van der Waals surface area contributed by atoms with Gasteiger partial charge < -0.3 is 25.2 Å². The number of carbonyl (C=O) groups excluding carboxylic acids is 3. The zero-order chi connectivity index (χ0) is 35.4. The first kappa shape index (κ1) is 34.5. The van der Waals surface area contributed by atoms with Gasteiger partial charge in [0.05, 0.1) is 0 Å². The number of carbonyl (C=O) groups is 3. The molecule has 6 aromatic rings. The van der Waals surface area contributed by atoms with Gasteiger partial charge in [-0.25, -0.2) is 0 Å². The average molecular weight is 695 g/mol. The van der Waals surface area contributed by atoms with Crippen LogP contribution in [0.4, 0.5) is 11.5 Å². The lowest BCUT2D eigenvalue weighted by atomic mass is 10.1. The van der Waals surface area contributed by atoms with Crippen LogP contribution in [0.5, 0.6) is 5.75 Å². The van der Waals surface area contributed by atoms with Crippen LogP contribution in [0, 0.1) is 6.92 Å². The molecule has 0 aliphatic heterocycles. The third-order valence-corrected chi connectivity index (χ3v) is 8.78. The summed E-state index contributed by atoms with van der Waals surface area (Å²) in [6, 6.07) is 44.0. The molecule has 1 aromatic heterocycles. The Hall–Kier alpha value is -6.39. The Morgan fingerprint density at radius 2 is 1.47 bits per heavy atom. The first-order valence-electron chi connectivity index (χ1n) is 16.1. The van der Waals surface area contributed by atoms with E-state index < -0.39 is 17.1 Å². The SMILES string of the molecule is Cc1cc(NC(=O)C(Sc2cccc(NC(=O)/C(=C/c3ccc(OCc4ccccc4)cc3)NC(=O)c3ccccc3)c2)c2ccccc2)no1. The predicted octanol–water partition coefficient (Wildman–Crippen LogP) is 8.44. The van der Waals surface area contributed by atoms with Gasteiger partial charge in [-0.15, -0.1) is 11.8 Å². The number of amides is 3. The van der Waals surface area contributed by atoms with Crippen LogP contribution < -0.4 is 20.7 Å². The van der Waals surface area contributed by atoms with E-state index in [0.29, 0.717) is 40.7 Å². The molecule has 10 heteroatoms. The molecule has 0 aliphatic rings. The Morgan fingerprint density at radius 3 is 2.16 bits per heavy atom. The number of anilines is 2. The topological polar surface area (TPSA) is 123 Å². The van der Waals surface area contributed by atoms with E-state index in [9.17, 15) is 14.4 Å². The molecule has 254 valence electrons. The first-order valence-corrected chi connectivity index (χ1v) is 17.0. The molecule has 0 bridgehead atoms. The molecule has 0 aliphatic carbocycles. The van der Waals surface area contributed by atoms with Gasteiger partial charge in [-0.05, 0) is 72.2 Å². The number of rotatable bonds is 13. The van der Waals surface area contributed by atoms with Crippen LogP contribution in [0.2, 0.25) is 0 Å². The number of nitrogens with one attached hydrogen (secondary N) is 3. The highest BCUT2D eigenvalue weighted by Gasteiger charge is 2.24. The molecular weight excluding hydrogens is 661 g/mol. The number of aromatic nitrogens is 1. The fraction of sp³-hybridized carbons (Fsp3) is 0.0732. The monoisotopic (exact) mass is 694 g/mol. The minimum atomic E-state index is -0.630. The quantitative estimate of drug-likeness (QED) is 0.0819. The van der Waals surface area contributed by atoms with Crippen LogP contribution in [0.15, 0.2) is 161 Å². The zero-order valence-corrected chi connectivity index (χ0v) is 28.4. The van der Waals surface area contributed by atoms with Gasteiger partial charge in [-0.3, -0.25) is 14.4 Å². The van der Waals surface area contributed by atoms with Crippen molar-refractivity contribution in [3.05, 3.63) is 179 Å². The first-order chi connectivity index (χ1) is 24.9. The van der Waals surface area contributed by atoms with Crippen LogP contribution in [0.3, 0.4) is 0 Å². The maximum Gasteiger partial charge on any atom is 0.272 e. The normalized spacial score (nSPS) is 11.7. The van der Waals surface area contributed by atoms with Crippen LogP contribution >= 0.6 is 11.8 Å². The van der Waals surface area contributed by atoms with Crippen molar-refractivity contribution in [2.75, 3.05) is 10.6 Å². The van der Waals surface area contributed by atoms with Crippen molar-refractivity contribution in [3.8, 4) is 5.75 Å². The second kappa shape index (κ2) is 16.8. The molecule has 3 amide bonds. The van der Waals surface area contributed by atoms with E-state index in [-0.39, 0.29) is 11.6 Å². The number of hydrogen-bond acceptors (Lipinski definition) is 7. The molecule has 0 saturated heterocycles. The third kappa shape index (κ3) is 9.84. The van der Waals surface area contributed by atoms with Crippen molar-refractivity contribution >= 4 is 47.1 Å². The Kier molecular flexibility index (Phi) is 11.4. The number of aryl methyl sites for hydroxylation is 1. The van der Waals surface area contributed by atoms with Gasteiger partial charge in [0.1, 0.15) is 29.1 Å². The van der Waals surface area contributed by atoms with Crippen LogP contribution in [0.25, 0.3) is 6.08 Å². The molecule has 0 fully saturated rings. The molecule has 0 saturated carbocycles. The highest BCUT2D eigenvalue weighted by Crippen LogP contribution is 2.37. The van der Waals surface area contributed by atoms with Crippen LogP contribution in [-0.2, 0) is 16.2 Å². The van der Waals surface area contributed by atoms with E-state index in [1.54, 1.807) is 61.5 Å². The molecule has 0 radical (unpaired) electrons. The predicted molar refractivity (Wildman–Crippen MR) is 199 cm³/mol. The van der Waals surface area contributed by atoms with E-state index in [0.717, 1.165) is 16.0 Å². The third-order valence-electron chi connectivity index (χ3n) is 7.53. The van der Waals surface area contributed by atoms with E-state index in [1.807, 2.05) is 97.1 Å². The summed E-state index contributed by atoms with van der Waals surface area (Å²) in [7, 11) is 0. The lowest BCUT2D eigenvalue weighted by Crippen LogP contribution is -2.30. The average Bonchev–Trinajstić information content (AvgIpc) is 3.58. The van der Waals surface area contributed by atoms with Gasteiger partial charge in [0, 0.05) is 22.2 Å². The summed E-state index contributed by atoms with van der Waals surface area (Å²) in [6.45, 7) is 2.17. The minimum absolute atomic E-state index is 0.0457. The van der Waals surface area contributed by atoms with Crippen LogP contribution in [0.1, 0.15) is 38.1 Å². The summed E-state index contributed by atoms with van der Waals surface area (Å²) in [6.07, 6.45) is 1.61. The van der Waals surface area contributed by atoms with Gasteiger partial charge in [0.25, 0.3) is 11.8 Å². The molecule has 1 atom stereocenters. The number of benzene rings is 5. The fourth-order valence-electron chi connectivity index (χ4n) is 5.01. The van der Waals surface area contributed by atoms with Gasteiger partial charge in [0.2, 0.25) is 5.91 Å². The molecule has 3 N–H and O–H groups in total. The summed E-state index contributed by atoms with van der Waals surface area (Å²) in [4.78, 5) is 41.1. The van der Waals surface area contributed by atoms with Crippen LogP contribution in [-0.4, -0.2) is 22.9 Å². The Morgan fingerprint density at radius 1 is 0.784 bits per heavy atom. The second-order valence-electron chi connectivity index (χ2n) is 11.4. The molecule has 6 rings (SSSR count). The lowest BCUT2D eigenvalue weighted by Gasteiger charge is -2.17. The summed E-state index contributed by atoms with van der Waals surface area (Å²) in [5, 5.41) is 11.8. The Bertz CT molecular complexity index is 2120. The molecule has 5 aromatic carbocycles. The maximum atomic E-state index is 13.8. The number of thioether (sulfide) groups is 1. The lowest BCUT2D eigenvalue weighted by molar-refractivity contribution is -0.116. The van der Waals surface area contributed by atoms with Crippen molar-refractivity contribution in [2.24, 2.45) is 0 Å². The Labute approximate surface area is 299 Å². The van der Waals surface area contributed by atoms with Crippen molar-refractivity contribution in [3.63, 3.8) is 0 Å². The number of nitrogens with zero attached hydrogens (tertiary/aromatic N) is 1. The van der Waals surface area contributed by atoms with Gasteiger partial charge in [-0.2, -0.15) is 0 Å². The van der Waals surface area contributed by atoms with E-state index in [4.69, 9.17) is 9.26 Å². The van der Waals surface area contributed by atoms with Gasteiger partial charge in [0.15, 0.2) is 5.82 Å². The molecule has 0 spiro atoms. The van der Waals surface area contributed by atoms with Crippen molar-refractivity contribution in [1.29, 1.82) is 0 Å². The van der Waals surface area contributed by atoms with E-state index in [1.165, 1.54) is 11.8 Å². The van der Waals surface area contributed by atoms with Crippen molar-refractivity contribution < 1.29 is 23.6 Å². The minimum Gasteiger partial charge on any atom is -0.489 e. The highest BCUT2D eigenvalue weighted by molar-refractivity contribution is 8.00. The van der Waals surface area contributed by atoms with Gasteiger partial charge >= 0.3 is 0 Å². The maximum absolute atomic E-state index is 13.8. The van der Waals surface area contributed by atoms with Crippen molar-refractivity contribution in [2.45, 2.75) is 23.7 Å². The van der Waals surface area contributed by atoms with Gasteiger partial charge in [-0.1, -0.05) is 102 Å². The highest BCUT2D eigenvalue weighted by atomic mass is 32.2. The van der Waals surface area contributed by atoms with E-state index in [2.05, 4.69) is 21.1 Å². The van der Waals surface area contributed by atoms with Crippen molar-refractivity contribution in [1.82, 2.24) is 10.5 Å².